The first-order valence-corrected chi connectivity index (χ1v) is 8.44. The van der Waals surface area contributed by atoms with E-state index in [2.05, 4.69) is 9.80 Å². The number of nitro benzene ring substituents is 1. The number of anilines is 1. The normalized spacial score (nSPS) is 31.6. The summed E-state index contributed by atoms with van der Waals surface area (Å²) < 4.78 is 0. The zero-order valence-corrected chi connectivity index (χ0v) is 12.9. The maximum absolute atomic E-state index is 10.7. The molecule has 1 aromatic rings. The van der Waals surface area contributed by atoms with Gasteiger partial charge in [0.25, 0.3) is 5.69 Å². The summed E-state index contributed by atoms with van der Waals surface area (Å²) in [7, 11) is 0. The van der Waals surface area contributed by atoms with Crippen molar-refractivity contribution in [2.75, 3.05) is 31.1 Å². The van der Waals surface area contributed by atoms with E-state index in [1.807, 2.05) is 12.1 Å². The molecule has 118 valence electrons. The average molecular weight is 301 g/mol. The fourth-order valence-corrected chi connectivity index (χ4v) is 4.76. The molecular weight excluding hydrogens is 278 g/mol. The van der Waals surface area contributed by atoms with Gasteiger partial charge in [-0.3, -0.25) is 15.0 Å². The summed E-state index contributed by atoms with van der Waals surface area (Å²) in [5.41, 5.74) is 1.28. The Kier molecular flexibility index (Phi) is 3.53. The van der Waals surface area contributed by atoms with Crippen molar-refractivity contribution >= 4 is 11.4 Å². The van der Waals surface area contributed by atoms with Crippen LogP contribution in [0.5, 0.6) is 0 Å². The summed E-state index contributed by atoms with van der Waals surface area (Å²) in [4.78, 5) is 15.4. The van der Waals surface area contributed by atoms with Crippen LogP contribution in [0.1, 0.15) is 25.7 Å². The van der Waals surface area contributed by atoms with E-state index in [1.54, 1.807) is 12.1 Å². The molecule has 22 heavy (non-hydrogen) atoms. The molecule has 1 saturated heterocycles. The highest BCUT2D eigenvalue weighted by Crippen LogP contribution is 2.46. The second-order valence-electron chi connectivity index (χ2n) is 7.04. The highest BCUT2D eigenvalue weighted by Gasteiger charge is 2.42. The Morgan fingerprint density at radius 1 is 1.00 bits per heavy atom. The van der Waals surface area contributed by atoms with Gasteiger partial charge >= 0.3 is 0 Å². The fraction of sp³-hybridized carbons (Fsp3) is 0.647. The van der Waals surface area contributed by atoms with E-state index in [9.17, 15) is 10.1 Å². The third kappa shape index (κ3) is 2.47. The van der Waals surface area contributed by atoms with Crippen LogP contribution in [0.2, 0.25) is 0 Å². The zero-order valence-electron chi connectivity index (χ0n) is 12.9. The van der Waals surface area contributed by atoms with Gasteiger partial charge in [-0.25, -0.2) is 0 Å². The van der Waals surface area contributed by atoms with Gasteiger partial charge in [0, 0.05) is 50.0 Å². The number of benzene rings is 1. The largest absolute Gasteiger partial charge is 0.369 e. The third-order valence-electron chi connectivity index (χ3n) is 5.91. The summed E-state index contributed by atoms with van der Waals surface area (Å²) in [6.45, 7) is 4.33. The summed E-state index contributed by atoms with van der Waals surface area (Å²) in [6.07, 6.45) is 5.79. The maximum atomic E-state index is 10.7. The minimum Gasteiger partial charge on any atom is -0.369 e. The lowest BCUT2D eigenvalue weighted by Gasteiger charge is -2.41. The van der Waals surface area contributed by atoms with E-state index in [-0.39, 0.29) is 10.6 Å². The summed E-state index contributed by atoms with van der Waals surface area (Å²) in [6, 6.07) is 7.81. The fourth-order valence-electron chi connectivity index (χ4n) is 4.76. The molecule has 0 spiro atoms. The molecule has 0 radical (unpaired) electrons. The number of hydrogen-bond acceptors (Lipinski definition) is 4. The first kappa shape index (κ1) is 14.0. The number of hydrogen-bond donors (Lipinski definition) is 0. The number of rotatable bonds is 3. The van der Waals surface area contributed by atoms with Gasteiger partial charge in [0.1, 0.15) is 0 Å². The number of non-ortho nitro benzene ring substituents is 1. The molecule has 1 heterocycles. The lowest BCUT2D eigenvalue weighted by Crippen LogP contribution is -2.51. The standard InChI is InChI=1S/C17H23N3O2/c21-20(22)16-5-3-15(4-6-16)18-7-9-19(10-8-18)17-12-13-1-2-14(17)11-13/h3-6,13-14,17H,1-2,7-12H2/t13-,14+,17-/m0/s1. The van der Waals surface area contributed by atoms with Gasteiger partial charge in [-0.15, -0.1) is 0 Å². The molecule has 1 aromatic carbocycles. The van der Waals surface area contributed by atoms with Gasteiger partial charge < -0.3 is 4.90 Å². The van der Waals surface area contributed by atoms with Gasteiger partial charge in [0.15, 0.2) is 0 Å². The zero-order chi connectivity index (χ0) is 15.1. The number of fused-ring (bicyclic) bond motifs is 2. The van der Waals surface area contributed by atoms with Crippen LogP contribution in [0.25, 0.3) is 0 Å². The van der Waals surface area contributed by atoms with Crippen molar-refractivity contribution < 1.29 is 4.92 Å². The van der Waals surface area contributed by atoms with Crippen LogP contribution in [0.15, 0.2) is 24.3 Å². The monoisotopic (exact) mass is 301 g/mol. The van der Waals surface area contributed by atoms with Crippen LogP contribution in [-0.4, -0.2) is 42.0 Å². The highest BCUT2D eigenvalue weighted by atomic mass is 16.6. The van der Waals surface area contributed by atoms with Crippen molar-refractivity contribution in [1.82, 2.24) is 4.90 Å². The molecule has 2 saturated carbocycles. The van der Waals surface area contributed by atoms with E-state index < -0.39 is 0 Å². The minimum absolute atomic E-state index is 0.171. The second-order valence-corrected chi connectivity index (χ2v) is 7.04. The minimum atomic E-state index is -0.336. The van der Waals surface area contributed by atoms with Crippen molar-refractivity contribution in [3.05, 3.63) is 34.4 Å². The highest BCUT2D eigenvalue weighted by molar-refractivity contribution is 5.51. The van der Waals surface area contributed by atoms with E-state index in [4.69, 9.17) is 0 Å². The maximum Gasteiger partial charge on any atom is 0.269 e. The third-order valence-corrected chi connectivity index (χ3v) is 5.91. The molecule has 5 heteroatoms. The number of nitrogens with zero attached hydrogens (tertiary/aromatic N) is 3. The van der Waals surface area contributed by atoms with Crippen molar-refractivity contribution in [2.24, 2.45) is 11.8 Å². The van der Waals surface area contributed by atoms with Crippen LogP contribution in [-0.2, 0) is 0 Å². The van der Waals surface area contributed by atoms with E-state index in [1.165, 1.54) is 25.7 Å². The van der Waals surface area contributed by atoms with Crippen LogP contribution < -0.4 is 4.90 Å². The Balaban J connectivity index is 1.36. The molecule has 5 nitrogen and oxygen atoms in total. The quantitative estimate of drug-likeness (QED) is 0.636. The summed E-state index contributed by atoms with van der Waals surface area (Å²) >= 11 is 0. The molecule has 2 bridgehead atoms. The number of nitro groups is 1. The first-order valence-electron chi connectivity index (χ1n) is 8.44. The lowest BCUT2D eigenvalue weighted by atomic mass is 9.93. The predicted molar refractivity (Wildman–Crippen MR) is 86.1 cm³/mol. The van der Waals surface area contributed by atoms with Crippen molar-refractivity contribution in [1.29, 1.82) is 0 Å². The molecule has 0 unspecified atom stereocenters. The van der Waals surface area contributed by atoms with Crippen LogP contribution in [0, 0.1) is 22.0 Å². The van der Waals surface area contributed by atoms with Gasteiger partial charge in [-0.2, -0.15) is 0 Å². The van der Waals surface area contributed by atoms with E-state index in [0.29, 0.717) is 0 Å². The molecular formula is C17H23N3O2. The molecule has 1 aliphatic heterocycles. The van der Waals surface area contributed by atoms with Gasteiger partial charge in [0.2, 0.25) is 0 Å². The predicted octanol–water partition coefficient (Wildman–Crippen LogP) is 2.91. The number of piperazine rings is 1. The Hall–Kier alpha value is -1.62. The average Bonchev–Trinajstić information content (AvgIpc) is 3.18. The lowest BCUT2D eigenvalue weighted by molar-refractivity contribution is -0.384. The van der Waals surface area contributed by atoms with Gasteiger partial charge in [-0.05, 0) is 43.2 Å². The Bertz CT molecular complexity index is 552. The smallest absolute Gasteiger partial charge is 0.269 e. The van der Waals surface area contributed by atoms with E-state index in [0.717, 1.165) is 49.7 Å². The van der Waals surface area contributed by atoms with Crippen molar-refractivity contribution in [2.45, 2.75) is 31.7 Å². The molecule has 0 amide bonds. The van der Waals surface area contributed by atoms with Gasteiger partial charge in [-0.1, -0.05) is 6.42 Å². The Morgan fingerprint density at radius 3 is 2.27 bits per heavy atom. The van der Waals surface area contributed by atoms with Crippen molar-refractivity contribution in [3.8, 4) is 0 Å². The summed E-state index contributed by atoms with van der Waals surface area (Å²) in [5.74, 6) is 1.96. The molecule has 3 aliphatic rings. The van der Waals surface area contributed by atoms with E-state index >= 15 is 0 Å². The second kappa shape index (κ2) is 5.54. The van der Waals surface area contributed by atoms with Gasteiger partial charge in [0.05, 0.1) is 4.92 Å². The molecule has 2 aliphatic carbocycles. The Morgan fingerprint density at radius 2 is 1.73 bits per heavy atom. The SMILES string of the molecule is O=[N+]([O-])c1ccc(N2CCN([C@H]3C[C@H]4CC[C@@H]3C4)CC2)cc1. The first-order chi connectivity index (χ1) is 10.7. The Labute approximate surface area is 131 Å². The van der Waals surface area contributed by atoms with Crippen LogP contribution >= 0.6 is 0 Å². The molecule has 0 aromatic heterocycles. The topological polar surface area (TPSA) is 49.6 Å². The molecule has 3 atom stereocenters. The van der Waals surface area contributed by atoms with Crippen molar-refractivity contribution in [3.63, 3.8) is 0 Å². The molecule has 4 rings (SSSR count). The summed E-state index contributed by atoms with van der Waals surface area (Å²) in [5, 5.41) is 10.7. The van der Waals surface area contributed by atoms with Crippen LogP contribution in [0.3, 0.4) is 0 Å². The van der Waals surface area contributed by atoms with Crippen LogP contribution in [0.4, 0.5) is 11.4 Å². The molecule has 0 N–H and O–H groups in total. The molecule has 3 fully saturated rings.